The van der Waals surface area contributed by atoms with Crippen molar-refractivity contribution in [3.63, 3.8) is 0 Å². The van der Waals surface area contributed by atoms with Crippen molar-refractivity contribution >= 4 is 89.3 Å². The van der Waals surface area contributed by atoms with Gasteiger partial charge in [0, 0.05) is 85.7 Å². The Morgan fingerprint density at radius 3 is 1.75 bits per heavy atom. The van der Waals surface area contributed by atoms with Crippen molar-refractivity contribution in [3.05, 3.63) is 126 Å². The first-order valence-electron chi connectivity index (χ1n) is 26.2. The van der Waals surface area contributed by atoms with E-state index >= 15 is 0 Å². The summed E-state index contributed by atoms with van der Waals surface area (Å²) in [5.41, 5.74) is 32.2. The van der Waals surface area contributed by atoms with Crippen molar-refractivity contribution < 1.29 is 14.3 Å². The minimum atomic E-state index is -0.264. The number of nitrogens with one attached hydrogen (secondary N) is 4. The van der Waals surface area contributed by atoms with E-state index in [2.05, 4.69) is 139 Å². The number of rotatable bonds is 7. The molecule has 6 aromatic rings. The molecule has 0 spiro atoms. The summed E-state index contributed by atoms with van der Waals surface area (Å²) in [5, 5.41) is 0. The number of aromatic amines is 4. The van der Waals surface area contributed by atoms with Crippen LogP contribution in [0.2, 0.25) is 0 Å². The topological polar surface area (TPSA) is 158 Å². The lowest BCUT2D eigenvalue weighted by molar-refractivity contribution is -0.140. The van der Waals surface area contributed by atoms with Crippen LogP contribution in [0.25, 0.3) is 88.7 Å². The molecule has 11 heteroatoms. The van der Waals surface area contributed by atoms with E-state index in [0.717, 1.165) is 176 Å². The molecule has 16 bridgehead atoms. The van der Waals surface area contributed by atoms with E-state index in [4.69, 9.17) is 24.7 Å². The third kappa shape index (κ3) is 7.35. The normalized spacial score (nSPS) is 16.5. The number of hydrogen-bond donors (Lipinski definition) is 4. The molecule has 0 aromatic carbocycles. The summed E-state index contributed by atoms with van der Waals surface area (Å²) >= 11 is 0. The molecular formula is C62H66N8O3. The quantitative estimate of drug-likeness (QED) is 0.116. The average Bonchev–Trinajstić information content (AvgIpc) is 4.27. The predicted molar refractivity (Wildman–Crippen MR) is 298 cm³/mol. The van der Waals surface area contributed by atoms with E-state index in [1.54, 1.807) is 0 Å². The second kappa shape index (κ2) is 17.7. The molecule has 1 aliphatic carbocycles. The molecular weight excluding hydrogens is 905 g/mol. The Hall–Kier alpha value is -7.40. The molecule has 11 nitrogen and oxygen atoms in total. The van der Waals surface area contributed by atoms with E-state index in [1.165, 1.54) is 29.4 Å². The fraction of sp³-hybridized carbons (Fsp3) is 0.355. The third-order valence-corrected chi connectivity index (χ3v) is 17.2. The van der Waals surface area contributed by atoms with Crippen LogP contribution < -0.4 is 0 Å². The van der Waals surface area contributed by atoms with Crippen molar-refractivity contribution in [1.82, 2.24) is 39.9 Å². The third-order valence-electron chi connectivity index (χ3n) is 17.2. The number of carbonyl (C=O) groups excluding carboxylic acids is 2. The van der Waals surface area contributed by atoms with E-state index in [9.17, 15) is 9.59 Å². The van der Waals surface area contributed by atoms with E-state index in [1.807, 2.05) is 6.92 Å². The minimum Gasteiger partial charge on any atom is -0.469 e. The molecule has 10 heterocycles. The smallest absolute Gasteiger partial charge is 0.305 e. The fourth-order valence-corrected chi connectivity index (χ4v) is 12.5. The van der Waals surface area contributed by atoms with Gasteiger partial charge in [-0.25, -0.2) is 15.0 Å². The van der Waals surface area contributed by atoms with Gasteiger partial charge in [-0.15, -0.1) is 0 Å². The molecule has 4 N–H and O–H groups in total. The zero-order valence-electron chi connectivity index (χ0n) is 44.9. The summed E-state index contributed by atoms with van der Waals surface area (Å²) in [5.74, 6) is -0.374. The van der Waals surface area contributed by atoms with Crippen molar-refractivity contribution in [2.24, 2.45) is 0 Å². The Morgan fingerprint density at radius 2 is 1.11 bits per heavy atom. The Kier molecular flexibility index (Phi) is 11.6. The first kappa shape index (κ1) is 47.9. The lowest BCUT2D eigenvalue weighted by atomic mass is 9.85. The first-order chi connectivity index (χ1) is 35.0. The van der Waals surface area contributed by atoms with Gasteiger partial charge in [-0.2, -0.15) is 0 Å². The molecule has 0 amide bonds. The van der Waals surface area contributed by atoms with Crippen LogP contribution in [-0.2, 0) is 22.4 Å². The maximum atomic E-state index is 14.0. The monoisotopic (exact) mass is 971 g/mol. The van der Waals surface area contributed by atoms with Gasteiger partial charge in [-0.1, -0.05) is 27.7 Å². The lowest BCUT2D eigenvalue weighted by Crippen LogP contribution is -2.09. The standard InChI is InChI=1S/C62H66N8O3/c1-15-37-31(8)44-21-45-32(9)38(16-2)51(64-45)24-43-28(5)30(7)60(68-43)58(59-29(6)27(4)42(67-59)23-50(37)63-44)56-35(12)48-22-47-34(11)40(18-19-55(72)73-14)61(69-47)41-20-54(71)57-36(13)49(70-62(41)57)25-52-39(17-3)33(10)46(65-52)26-53(56)66-48/h21-26,34,40,63,66,68,70H,15-20H2,1-14H3/t34-,40-/m0/s1. The number of Topliss-reactive ketones (excluding diaryl/α,β-unsaturated/α-hetero) is 1. The number of hydrogen-bond acceptors (Lipinski definition) is 7. The number of ketones is 1. The average molecular weight is 971 g/mol. The van der Waals surface area contributed by atoms with Crippen molar-refractivity contribution in [2.45, 2.75) is 140 Å². The molecule has 0 saturated carbocycles. The molecule has 372 valence electrons. The van der Waals surface area contributed by atoms with Crippen LogP contribution in [0.4, 0.5) is 0 Å². The van der Waals surface area contributed by atoms with Crippen LogP contribution in [0.15, 0.2) is 36.4 Å². The molecule has 5 aliphatic rings. The highest BCUT2D eigenvalue weighted by molar-refractivity contribution is 6.13. The number of allylic oxidation sites excluding steroid dienone is 6. The number of ether oxygens (including phenoxy) is 1. The zero-order valence-corrected chi connectivity index (χ0v) is 44.9. The van der Waals surface area contributed by atoms with E-state index < -0.39 is 0 Å². The van der Waals surface area contributed by atoms with E-state index in [0.29, 0.717) is 6.42 Å². The Balaban J connectivity index is 1.32. The van der Waals surface area contributed by atoms with Gasteiger partial charge in [0.25, 0.3) is 0 Å². The van der Waals surface area contributed by atoms with Crippen molar-refractivity contribution in [1.29, 1.82) is 0 Å². The van der Waals surface area contributed by atoms with Crippen molar-refractivity contribution in [3.8, 4) is 11.1 Å². The summed E-state index contributed by atoms with van der Waals surface area (Å²) < 4.78 is 5.16. The van der Waals surface area contributed by atoms with Gasteiger partial charge < -0.3 is 24.7 Å². The molecule has 4 aliphatic heterocycles. The lowest BCUT2D eigenvalue weighted by Gasteiger charge is -2.16. The van der Waals surface area contributed by atoms with Crippen LogP contribution in [0, 0.1) is 34.6 Å². The van der Waals surface area contributed by atoms with Gasteiger partial charge in [0.05, 0.1) is 58.0 Å². The second-order valence-corrected chi connectivity index (χ2v) is 21.0. The first-order valence-corrected chi connectivity index (χ1v) is 26.2. The summed E-state index contributed by atoms with van der Waals surface area (Å²) in [7, 11) is 1.43. The van der Waals surface area contributed by atoms with E-state index in [-0.39, 0.29) is 36.4 Å². The molecule has 0 fully saturated rings. The number of aromatic nitrogens is 8. The van der Waals surface area contributed by atoms with Crippen LogP contribution in [-0.4, -0.2) is 58.7 Å². The largest absolute Gasteiger partial charge is 0.469 e. The summed E-state index contributed by atoms with van der Waals surface area (Å²) in [6.45, 7) is 28.4. The maximum Gasteiger partial charge on any atom is 0.305 e. The van der Waals surface area contributed by atoms with Crippen LogP contribution in [0.3, 0.4) is 0 Å². The number of esters is 1. The fourth-order valence-electron chi connectivity index (χ4n) is 12.5. The van der Waals surface area contributed by atoms with Gasteiger partial charge in [0.1, 0.15) is 0 Å². The number of aryl methyl sites for hydroxylation is 6. The van der Waals surface area contributed by atoms with Gasteiger partial charge in [-0.05, 0) is 191 Å². The summed E-state index contributed by atoms with van der Waals surface area (Å²) in [4.78, 5) is 64.2. The number of methoxy groups -OCH3 is 1. The van der Waals surface area contributed by atoms with Crippen molar-refractivity contribution in [2.75, 3.05) is 7.11 Å². The van der Waals surface area contributed by atoms with Gasteiger partial charge in [0.15, 0.2) is 5.78 Å². The SMILES string of the molecule is CCC1=C(C)c2cc3[nH]c(cc4nc(c(-c5c(C)c6cc7nc(c8c9[nH]c(cc%10nc(cc5[nH]6)C(C)=C%10CC)c(C)c9C(=O)C8)[C@@H](CCC(=O)OC)[C@@H]7C)c5[nH]c(cc1n2)c(C)c5C)C(C)=C4C)c(CC)c3C. The van der Waals surface area contributed by atoms with Gasteiger partial charge in [-0.3, -0.25) is 14.6 Å². The molecule has 11 rings (SSSR count). The Labute approximate surface area is 426 Å². The minimum absolute atomic E-state index is 0.0676. The molecule has 6 aromatic heterocycles. The van der Waals surface area contributed by atoms with Crippen LogP contribution in [0.1, 0.15) is 188 Å². The molecule has 0 radical (unpaired) electrons. The molecule has 73 heavy (non-hydrogen) atoms. The van der Waals surface area contributed by atoms with Gasteiger partial charge in [0.2, 0.25) is 0 Å². The summed E-state index contributed by atoms with van der Waals surface area (Å²) in [6, 6.07) is 13.2. The number of fused-ring (bicyclic) bond motifs is 16. The van der Waals surface area contributed by atoms with Crippen LogP contribution in [0.5, 0.6) is 0 Å². The number of H-pyrrole nitrogens is 4. The maximum absolute atomic E-state index is 14.0. The number of carbonyl (C=O) groups is 2. The second-order valence-electron chi connectivity index (χ2n) is 21.0. The predicted octanol–water partition coefficient (Wildman–Crippen LogP) is 14.9. The number of nitrogens with zero attached hydrogens (tertiary/aromatic N) is 4. The highest BCUT2D eigenvalue weighted by Crippen LogP contribution is 2.47. The Morgan fingerprint density at radius 1 is 0.562 bits per heavy atom. The zero-order chi connectivity index (χ0) is 51.6. The highest BCUT2D eigenvalue weighted by atomic mass is 16.5. The molecule has 0 unspecified atom stereocenters. The molecule has 0 saturated heterocycles. The van der Waals surface area contributed by atoms with Gasteiger partial charge >= 0.3 is 5.97 Å². The summed E-state index contributed by atoms with van der Waals surface area (Å²) in [6.07, 6.45) is 3.54. The van der Waals surface area contributed by atoms with Crippen LogP contribution >= 0.6 is 0 Å². The highest BCUT2D eigenvalue weighted by Gasteiger charge is 2.36. The Bertz CT molecular complexity index is 3930. The molecule has 2 atom stereocenters.